The molecular weight excluding hydrogens is 114 g/mol. The van der Waals surface area contributed by atoms with E-state index in [1.54, 1.807) is 6.08 Å². The van der Waals surface area contributed by atoms with Gasteiger partial charge in [0, 0.05) is 5.70 Å². The fourth-order valence-corrected chi connectivity index (χ4v) is 0.355. The standard InChI is InChI=1S/C7H11NO/c1-4-6(2)7(3)8-5-9/h4-5H,1H2,2-3H3,(H,8,9)/b7-6-. The van der Waals surface area contributed by atoms with Gasteiger partial charge in [-0.1, -0.05) is 12.7 Å². The van der Waals surface area contributed by atoms with Crippen molar-refractivity contribution in [3.63, 3.8) is 0 Å². The molecule has 1 N–H and O–H groups in total. The van der Waals surface area contributed by atoms with Crippen LogP contribution in [0.3, 0.4) is 0 Å². The van der Waals surface area contributed by atoms with Gasteiger partial charge in [-0.15, -0.1) is 0 Å². The van der Waals surface area contributed by atoms with Crippen LogP contribution in [0, 0.1) is 0 Å². The average Bonchev–Trinajstić information content (AvgIpc) is 1.87. The molecule has 0 radical (unpaired) electrons. The lowest BCUT2D eigenvalue weighted by Gasteiger charge is -1.98. The molecule has 50 valence electrons. The van der Waals surface area contributed by atoms with Crippen molar-refractivity contribution < 1.29 is 4.79 Å². The van der Waals surface area contributed by atoms with E-state index < -0.39 is 0 Å². The van der Waals surface area contributed by atoms with Crippen molar-refractivity contribution in [3.05, 3.63) is 23.9 Å². The maximum absolute atomic E-state index is 9.86. The van der Waals surface area contributed by atoms with E-state index in [4.69, 9.17) is 0 Å². The van der Waals surface area contributed by atoms with Gasteiger partial charge in [-0.2, -0.15) is 0 Å². The summed E-state index contributed by atoms with van der Waals surface area (Å²) >= 11 is 0. The molecule has 0 aliphatic heterocycles. The van der Waals surface area contributed by atoms with E-state index in [0.29, 0.717) is 6.41 Å². The van der Waals surface area contributed by atoms with Gasteiger partial charge in [0.1, 0.15) is 0 Å². The predicted molar refractivity (Wildman–Crippen MR) is 37.8 cm³/mol. The third kappa shape index (κ3) is 2.69. The molecule has 0 atom stereocenters. The van der Waals surface area contributed by atoms with Crippen LogP contribution >= 0.6 is 0 Å². The normalized spacial score (nSPS) is 11.8. The molecule has 0 fully saturated rings. The minimum Gasteiger partial charge on any atom is -0.332 e. The summed E-state index contributed by atoms with van der Waals surface area (Å²) in [5.41, 5.74) is 1.84. The van der Waals surface area contributed by atoms with Gasteiger partial charge >= 0.3 is 0 Å². The van der Waals surface area contributed by atoms with E-state index in [1.807, 2.05) is 13.8 Å². The van der Waals surface area contributed by atoms with Crippen LogP contribution in [0.1, 0.15) is 13.8 Å². The third-order valence-electron chi connectivity index (χ3n) is 1.17. The molecule has 1 amide bonds. The Morgan fingerprint density at radius 2 is 2.11 bits per heavy atom. The zero-order chi connectivity index (χ0) is 7.28. The first-order chi connectivity index (χ1) is 4.22. The summed E-state index contributed by atoms with van der Waals surface area (Å²) < 4.78 is 0. The first-order valence-corrected chi connectivity index (χ1v) is 2.72. The van der Waals surface area contributed by atoms with E-state index >= 15 is 0 Å². The molecule has 2 heteroatoms. The highest BCUT2D eigenvalue weighted by Gasteiger charge is 1.87. The first kappa shape index (κ1) is 7.95. The monoisotopic (exact) mass is 125 g/mol. The van der Waals surface area contributed by atoms with E-state index in [9.17, 15) is 4.79 Å². The molecule has 0 heterocycles. The fourth-order valence-electron chi connectivity index (χ4n) is 0.355. The SMILES string of the molecule is C=C/C(C)=C(/C)NC=O. The molecule has 0 aromatic carbocycles. The molecule has 0 saturated heterocycles. The van der Waals surface area contributed by atoms with Crippen molar-refractivity contribution in [2.75, 3.05) is 0 Å². The molecule has 0 aromatic heterocycles. The van der Waals surface area contributed by atoms with E-state index in [1.165, 1.54) is 0 Å². The van der Waals surface area contributed by atoms with Crippen molar-refractivity contribution in [2.45, 2.75) is 13.8 Å². The number of carbonyl (C=O) groups excluding carboxylic acids is 1. The molecule has 0 aromatic rings. The first-order valence-electron chi connectivity index (χ1n) is 2.72. The van der Waals surface area contributed by atoms with Gasteiger partial charge < -0.3 is 5.32 Å². The van der Waals surface area contributed by atoms with Crippen molar-refractivity contribution in [2.24, 2.45) is 0 Å². The average molecular weight is 125 g/mol. The molecule has 0 bridgehead atoms. The maximum Gasteiger partial charge on any atom is 0.211 e. The molecule has 0 rings (SSSR count). The summed E-state index contributed by atoms with van der Waals surface area (Å²) in [4.78, 5) is 9.86. The van der Waals surface area contributed by atoms with Crippen LogP contribution in [0.25, 0.3) is 0 Å². The number of rotatable bonds is 3. The summed E-state index contributed by atoms with van der Waals surface area (Å²) in [6, 6.07) is 0. The van der Waals surface area contributed by atoms with Crippen LogP contribution in [-0.2, 0) is 4.79 Å². The summed E-state index contributed by atoms with van der Waals surface area (Å²) in [6.07, 6.45) is 2.36. The Labute approximate surface area is 55.3 Å². The van der Waals surface area contributed by atoms with Gasteiger partial charge in [-0.25, -0.2) is 0 Å². The van der Waals surface area contributed by atoms with Crippen LogP contribution in [-0.4, -0.2) is 6.41 Å². The lowest BCUT2D eigenvalue weighted by molar-refractivity contribution is -0.108. The van der Waals surface area contributed by atoms with Crippen LogP contribution < -0.4 is 5.32 Å². The zero-order valence-electron chi connectivity index (χ0n) is 5.77. The maximum atomic E-state index is 9.86. The summed E-state index contributed by atoms with van der Waals surface area (Å²) in [5.74, 6) is 0. The van der Waals surface area contributed by atoms with E-state index in [2.05, 4.69) is 11.9 Å². The summed E-state index contributed by atoms with van der Waals surface area (Å²) in [7, 11) is 0. The molecule has 0 saturated carbocycles. The lowest BCUT2D eigenvalue weighted by atomic mass is 10.2. The highest BCUT2D eigenvalue weighted by atomic mass is 16.1. The summed E-state index contributed by atoms with van der Waals surface area (Å²) in [5, 5.41) is 2.52. The van der Waals surface area contributed by atoms with Crippen molar-refractivity contribution >= 4 is 6.41 Å². The largest absolute Gasteiger partial charge is 0.332 e. The predicted octanol–water partition coefficient (Wildman–Crippen LogP) is 1.21. The van der Waals surface area contributed by atoms with E-state index in [-0.39, 0.29) is 0 Å². The van der Waals surface area contributed by atoms with Crippen LogP contribution in [0.4, 0.5) is 0 Å². The summed E-state index contributed by atoms with van der Waals surface area (Å²) in [6.45, 7) is 7.26. The van der Waals surface area contributed by atoms with Crippen molar-refractivity contribution in [1.82, 2.24) is 5.32 Å². The second-order valence-electron chi connectivity index (χ2n) is 1.77. The fraction of sp³-hybridized carbons (Fsp3) is 0.286. The number of amides is 1. The number of hydrogen-bond acceptors (Lipinski definition) is 1. The number of allylic oxidation sites excluding steroid dienone is 3. The molecule has 0 aliphatic carbocycles. The Kier molecular flexibility index (Phi) is 3.44. The highest BCUT2D eigenvalue weighted by Crippen LogP contribution is 1.97. The minimum atomic E-state index is 0.655. The number of hydrogen-bond donors (Lipinski definition) is 1. The Hall–Kier alpha value is -1.05. The molecule has 0 spiro atoms. The smallest absolute Gasteiger partial charge is 0.211 e. The lowest BCUT2D eigenvalue weighted by Crippen LogP contribution is -2.08. The topological polar surface area (TPSA) is 29.1 Å². The Bertz CT molecular complexity index is 147. The van der Waals surface area contributed by atoms with Crippen LogP contribution in [0.2, 0.25) is 0 Å². The van der Waals surface area contributed by atoms with Gasteiger partial charge in [0.2, 0.25) is 6.41 Å². The molecule has 2 nitrogen and oxygen atoms in total. The minimum absolute atomic E-state index is 0.655. The second kappa shape index (κ2) is 3.89. The number of nitrogens with one attached hydrogen (secondary N) is 1. The van der Waals surface area contributed by atoms with Gasteiger partial charge in [-0.3, -0.25) is 4.79 Å². The molecule has 0 unspecified atom stereocenters. The van der Waals surface area contributed by atoms with E-state index in [0.717, 1.165) is 11.3 Å². The Balaban J connectivity index is 4.08. The van der Waals surface area contributed by atoms with Crippen LogP contribution in [0.5, 0.6) is 0 Å². The van der Waals surface area contributed by atoms with Crippen LogP contribution in [0.15, 0.2) is 23.9 Å². The Morgan fingerprint density at radius 3 is 2.44 bits per heavy atom. The second-order valence-corrected chi connectivity index (χ2v) is 1.77. The molecule has 9 heavy (non-hydrogen) atoms. The number of carbonyl (C=O) groups is 1. The molecule has 0 aliphatic rings. The van der Waals surface area contributed by atoms with Gasteiger partial charge in [-0.05, 0) is 19.4 Å². The zero-order valence-corrected chi connectivity index (χ0v) is 5.77. The third-order valence-corrected chi connectivity index (χ3v) is 1.17. The van der Waals surface area contributed by atoms with Gasteiger partial charge in [0.15, 0.2) is 0 Å². The van der Waals surface area contributed by atoms with Gasteiger partial charge in [0.05, 0.1) is 0 Å². The van der Waals surface area contributed by atoms with Crippen molar-refractivity contribution in [1.29, 1.82) is 0 Å². The molecular formula is C7H11NO. The highest BCUT2D eigenvalue weighted by molar-refractivity contribution is 5.50. The Morgan fingerprint density at radius 1 is 1.56 bits per heavy atom. The quantitative estimate of drug-likeness (QED) is 0.446. The van der Waals surface area contributed by atoms with Gasteiger partial charge in [0.25, 0.3) is 0 Å². The van der Waals surface area contributed by atoms with Crippen molar-refractivity contribution in [3.8, 4) is 0 Å².